The van der Waals surface area contributed by atoms with E-state index >= 15 is 0 Å². The molecule has 3 nitrogen and oxygen atoms in total. The molecule has 0 aliphatic heterocycles. The third-order valence-electron chi connectivity index (χ3n) is 2.87. The van der Waals surface area contributed by atoms with Crippen molar-refractivity contribution >= 4 is 5.69 Å². The molecule has 1 rings (SSSR count). The molecule has 0 unspecified atom stereocenters. The molecule has 1 aromatic rings. The van der Waals surface area contributed by atoms with Crippen molar-refractivity contribution in [3.8, 4) is 11.8 Å². The Kier molecular flexibility index (Phi) is 4.39. The summed E-state index contributed by atoms with van der Waals surface area (Å²) in [5.41, 5.74) is 0.778. The van der Waals surface area contributed by atoms with E-state index in [1.165, 1.54) is 0 Å². The second-order valence-corrected chi connectivity index (χ2v) is 4.84. The van der Waals surface area contributed by atoms with Crippen LogP contribution in [0, 0.1) is 16.7 Å². The number of methoxy groups -OCH3 is 1. The average molecular weight is 232 g/mol. The molecule has 0 saturated carbocycles. The van der Waals surface area contributed by atoms with E-state index < -0.39 is 0 Å². The van der Waals surface area contributed by atoms with Gasteiger partial charge in [-0.15, -0.1) is 0 Å². The highest BCUT2D eigenvalue weighted by Crippen LogP contribution is 2.28. The molecule has 0 heterocycles. The molecule has 0 aliphatic rings. The number of nitriles is 1. The zero-order valence-corrected chi connectivity index (χ0v) is 11.0. The molecule has 0 atom stereocenters. The second kappa shape index (κ2) is 5.58. The Balaban J connectivity index is 2.71. The van der Waals surface area contributed by atoms with Gasteiger partial charge in [-0.05, 0) is 32.4 Å². The van der Waals surface area contributed by atoms with Gasteiger partial charge < -0.3 is 9.64 Å². The van der Waals surface area contributed by atoms with E-state index in [9.17, 15) is 0 Å². The summed E-state index contributed by atoms with van der Waals surface area (Å²) in [6, 6.07) is 10.2. The largest absolute Gasteiger partial charge is 0.495 e. The van der Waals surface area contributed by atoms with Crippen LogP contribution in [0.4, 0.5) is 5.69 Å². The number of hydrogen-bond acceptors (Lipinski definition) is 3. The second-order valence-electron chi connectivity index (χ2n) is 4.84. The third-order valence-corrected chi connectivity index (χ3v) is 2.87. The molecule has 0 aliphatic carbocycles. The van der Waals surface area contributed by atoms with Crippen molar-refractivity contribution in [3.05, 3.63) is 24.3 Å². The first-order chi connectivity index (χ1) is 8.00. The van der Waals surface area contributed by atoms with Crippen molar-refractivity contribution in [2.24, 2.45) is 5.41 Å². The van der Waals surface area contributed by atoms with E-state index in [2.05, 4.69) is 11.0 Å². The summed E-state index contributed by atoms with van der Waals surface area (Å²) in [4.78, 5) is 2.12. The van der Waals surface area contributed by atoms with E-state index in [1.807, 2.05) is 45.2 Å². The molecule has 0 saturated heterocycles. The molecule has 3 heteroatoms. The lowest BCUT2D eigenvalue weighted by Crippen LogP contribution is -2.24. The summed E-state index contributed by atoms with van der Waals surface area (Å²) < 4.78 is 5.32. The summed E-state index contributed by atoms with van der Waals surface area (Å²) in [6.07, 6.45) is 0.831. The average Bonchev–Trinajstić information content (AvgIpc) is 2.36. The van der Waals surface area contributed by atoms with Gasteiger partial charge in [0.05, 0.1) is 24.3 Å². The summed E-state index contributed by atoms with van der Waals surface area (Å²) in [6.45, 7) is 4.76. The minimum absolute atomic E-state index is 0.281. The van der Waals surface area contributed by atoms with Crippen LogP contribution in [0.5, 0.6) is 5.75 Å². The van der Waals surface area contributed by atoms with Crippen molar-refractivity contribution in [1.82, 2.24) is 0 Å². The van der Waals surface area contributed by atoms with E-state index in [4.69, 9.17) is 10.00 Å². The Morgan fingerprint density at radius 3 is 2.59 bits per heavy atom. The fourth-order valence-electron chi connectivity index (χ4n) is 1.57. The maximum absolute atomic E-state index is 8.99. The topological polar surface area (TPSA) is 36.3 Å². The van der Waals surface area contributed by atoms with E-state index in [0.29, 0.717) is 0 Å². The highest BCUT2D eigenvalue weighted by molar-refractivity contribution is 5.57. The quantitative estimate of drug-likeness (QED) is 0.782. The van der Waals surface area contributed by atoms with Crippen LogP contribution in [0.2, 0.25) is 0 Å². The summed E-state index contributed by atoms with van der Waals surface area (Å²) in [7, 11) is 3.69. The molecular weight excluding hydrogens is 212 g/mol. The Hall–Kier alpha value is -1.69. The Bertz CT molecular complexity index is 407. The first-order valence-electron chi connectivity index (χ1n) is 5.75. The highest BCUT2D eigenvalue weighted by Gasteiger charge is 2.18. The monoisotopic (exact) mass is 232 g/mol. The number of anilines is 1. The molecule has 92 valence electrons. The van der Waals surface area contributed by atoms with Gasteiger partial charge in [-0.25, -0.2) is 0 Å². The number of para-hydroxylation sites is 2. The molecule has 17 heavy (non-hydrogen) atoms. The summed E-state index contributed by atoms with van der Waals surface area (Å²) in [5.74, 6) is 0.866. The molecule has 0 fully saturated rings. The van der Waals surface area contributed by atoms with Crippen LogP contribution in [0.1, 0.15) is 20.3 Å². The van der Waals surface area contributed by atoms with Gasteiger partial charge in [0.25, 0.3) is 0 Å². The maximum atomic E-state index is 8.99. The maximum Gasteiger partial charge on any atom is 0.142 e. The number of hydrogen-bond donors (Lipinski definition) is 0. The van der Waals surface area contributed by atoms with Gasteiger partial charge in [-0.3, -0.25) is 0 Å². The van der Waals surface area contributed by atoms with E-state index in [1.54, 1.807) is 7.11 Å². The van der Waals surface area contributed by atoms with Crippen molar-refractivity contribution in [1.29, 1.82) is 5.26 Å². The van der Waals surface area contributed by atoms with E-state index in [0.717, 1.165) is 24.4 Å². The van der Waals surface area contributed by atoms with Crippen molar-refractivity contribution in [2.75, 3.05) is 25.6 Å². The Morgan fingerprint density at radius 2 is 2.00 bits per heavy atom. The van der Waals surface area contributed by atoms with Crippen LogP contribution in [-0.2, 0) is 0 Å². The molecule has 1 aromatic carbocycles. The fourth-order valence-corrected chi connectivity index (χ4v) is 1.57. The van der Waals surface area contributed by atoms with Gasteiger partial charge >= 0.3 is 0 Å². The number of benzene rings is 1. The molecule has 0 spiro atoms. The molecule has 0 radical (unpaired) electrons. The lowest BCUT2D eigenvalue weighted by atomic mass is 9.91. The van der Waals surface area contributed by atoms with Crippen LogP contribution >= 0.6 is 0 Å². The number of rotatable bonds is 5. The first-order valence-corrected chi connectivity index (χ1v) is 5.75. The first kappa shape index (κ1) is 13.4. The normalized spacial score (nSPS) is 10.8. The zero-order valence-electron chi connectivity index (χ0n) is 11.0. The van der Waals surface area contributed by atoms with Gasteiger partial charge in [-0.2, -0.15) is 5.26 Å². The molecule has 0 bridgehead atoms. The fraction of sp³-hybridized carbons (Fsp3) is 0.500. The third kappa shape index (κ3) is 3.67. The lowest BCUT2D eigenvalue weighted by Gasteiger charge is -2.24. The minimum atomic E-state index is -0.281. The van der Waals surface area contributed by atoms with Crippen molar-refractivity contribution in [3.63, 3.8) is 0 Å². The zero-order chi connectivity index (χ0) is 12.9. The predicted molar refractivity (Wildman–Crippen MR) is 70.3 cm³/mol. The number of nitrogens with zero attached hydrogens (tertiary/aromatic N) is 2. The molecule has 0 amide bonds. The summed E-state index contributed by atoms with van der Waals surface area (Å²) >= 11 is 0. The van der Waals surface area contributed by atoms with Crippen LogP contribution in [0.3, 0.4) is 0 Å². The van der Waals surface area contributed by atoms with Gasteiger partial charge in [0, 0.05) is 13.6 Å². The van der Waals surface area contributed by atoms with Crippen LogP contribution < -0.4 is 9.64 Å². The Labute approximate surface area is 104 Å². The standard InChI is InChI=1S/C14H20N2O/c1-14(2,11-15)9-10-16(3)12-7-5-6-8-13(12)17-4/h5-8H,9-10H2,1-4H3. The van der Waals surface area contributed by atoms with Crippen molar-refractivity contribution in [2.45, 2.75) is 20.3 Å². The molecular formula is C14H20N2O. The van der Waals surface area contributed by atoms with Gasteiger partial charge in [0.2, 0.25) is 0 Å². The van der Waals surface area contributed by atoms with E-state index in [-0.39, 0.29) is 5.41 Å². The van der Waals surface area contributed by atoms with Crippen LogP contribution in [0.15, 0.2) is 24.3 Å². The number of ether oxygens (including phenoxy) is 1. The smallest absolute Gasteiger partial charge is 0.142 e. The Morgan fingerprint density at radius 1 is 1.35 bits per heavy atom. The van der Waals surface area contributed by atoms with Crippen LogP contribution in [0.25, 0.3) is 0 Å². The predicted octanol–water partition coefficient (Wildman–Crippen LogP) is 3.07. The van der Waals surface area contributed by atoms with Gasteiger partial charge in [0.1, 0.15) is 5.75 Å². The van der Waals surface area contributed by atoms with Gasteiger partial charge in [-0.1, -0.05) is 12.1 Å². The van der Waals surface area contributed by atoms with Gasteiger partial charge in [0.15, 0.2) is 0 Å². The minimum Gasteiger partial charge on any atom is -0.495 e. The SMILES string of the molecule is COc1ccccc1N(C)CCC(C)(C)C#N. The van der Waals surface area contributed by atoms with Crippen LogP contribution in [-0.4, -0.2) is 20.7 Å². The molecule has 0 N–H and O–H groups in total. The lowest BCUT2D eigenvalue weighted by molar-refractivity contribution is 0.412. The summed E-state index contributed by atoms with van der Waals surface area (Å²) in [5, 5.41) is 8.99. The van der Waals surface area contributed by atoms with Crippen molar-refractivity contribution < 1.29 is 4.74 Å². The molecule has 0 aromatic heterocycles. The highest BCUT2D eigenvalue weighted by atomic mass is 16.5.